The van der Waals surface area contributed by atoms with Crippen LogP contribution in [0.2, 0.25) is 0 Å². The highest BCUT2D eigenvalue weighted by molar-refractivity contribution is 5.79. The minimum absolute atomic E-state index is 0.0834. The summed E-state index contributed by atoms with van der Waals surface area (Å²) in [6.45, 7) is 5.81. The van der Waals surface area contributed by atoms with Crippen LogP contribution in [0.5, 0.6) is 0 Å². The van der Waals surface area contributed by atoms with E-state index in [9.17, 15) is 9.59 Å². The molecule has 106 valence electrons. The average Bonchev–Trinajstić information content (AvgIpc) is 2.35. The number of hydrogen-bond acceptors (Lipinski definition) is 3. The van der Waals surface area contributed by atoms with Crippen molar-refractivity contribution in [2.45, 2.75) is 27.2 Å². The molecule has 0 aliphatic rings. The van der Waals surface area contributed by atoms with E-state index in [2.05, 4.69) is 0 Å². The van der Waals surface area contributed by atoms with Crippen molar-refractivity contribution in [3.05, 3.63) is 45.8 Å². The molecule has 0 radical (unpaired) electrons. The van der Waals surface area contributed by atoms with Crippen molar-refractivity contribution in [1.29, 1.82) is 0 Å². The number of primary amides is 1. The van der Waals surface area contributed by atoms with Gasteiger partial charge in [0.25, 0.3) is 0 Å². The molecule has 4 nitrogen and oxygen atoms in total. The van der Waals surface area contributed by atoms with Gasteiger partial charge in [0, 0.05) is 16.9 Å². The zero-order valence-electron chi connectivity index (χ0n) is 12.0. The number of carbonyl (C=O) groups excluding carboxylic acids is 1. The topological polar surface area (TPSA) is 73.3 Å². The average molecular weight is 273 g/mol. The zero-order valence-corrected chi connectivity index (χ0v) is 12.0. The second-order valence-electron chi connectivity index (χ2n) is 5.56. The molecule has 2 rings (SSSR count). The molecule has 0 saturated heterocycles. The summed E-state index contributed by atoms with van der Waals surface area (Å²) in [5.41, 5.74) is 7.16. The summed E-state index contributed by atoms with van der Waals surface area (Å²) in [7, 11) is 0. The van der Waals surface area contributed by atoms with Gasteiger partial charge in [-0.1, -0.05) is 25.5 Å². The van der Waals surface area contributed by atoms with Gasteiger partial charge in [0.15, 0.2) is 0 Å². The highest BCUT2D eigenvalue weighted by Gasteiger charge is 2.22. The highest BCUT2D eigenvalue weighted by atomic mass is 16.4. The summed E-state index contributed by atoms with van der Waals surface area (Å²) in [6.07, 6.45) is 0.319. The lowest BCUT2D eigenvalue weighted by Crippen LogP contribution is -2.30. The molecule has 1 atom stereocenters. The van der Waals surface area contributed by atoms with Crippen LogP contribution in [0, 0.1) is 18.8 Å². The molecule has 0 fully saturated rings. The van der Waals surface area contributed by atoms with E-state index in [1.165, 1.54) is 0 Å². The largest absolute Gasteiger partial charge is 0.423 e. The molecule has 0 bridgehead atoms. The lowest BCUT2D eigenvalue weighted by molar-refractivity contribution is -0.123. The van der Waals surface area contributed by atoms with Crippen LogP contribution >= 0.6 is 0 Å². The number of aryl methyl sites for hydroxylation is 1. The number of hydrogen-bond donors (Lipinski definition) is 1. The van der Waals surface area contributed by atoms with Gasteiger partial charge in [-0.25, -0.2) is 4.79 Å². The van der Waals surface area contributed by atoms with Crippen molar-refractivity contribution in [2.75, 3.05) is 0 Å². The summed E-state index contributed by atoms with van der Waals surface area (Å²) >= 11 is 0. The molecule has 4 heteroatoms. The van der Waals surface area contributed by atoms with Crippen molar-refractivity contribution >= 4 is 16.9 Å². The second-order valence-corrected chi connectivity index (χ2v) is 5.56. The SMILES string of the molecule is Cc1ccc2oc(=O)c(CC(C(N)=O)C(C)C)cc2c1. The van der Waals surface area contributed by atoms with Crippen LogP contribution in [-0.4, -0.2) is 5.91 Å². The van der Waals surface area contributed by atoms with Crippen molar-refractivity contribution in [2.24, 2.45) is 17.6 Å². The fourth-order valence-corrected chi connectivity index (χ4v) is 2.33. The van der Waals surface area contributed by atoms with Crippen molar-refractivity contribution in [3.8, 4) is 0 Å². The first-order valence-electron chi connectivity index (χ1n) is 6.71. The first-order chi connectivity index (χ1) is 9.38. The number of amides is 1. The van der Waals surface area contributed by atoms with E-state index in [0.29, 0.717) is 17.6 Å². The Hall–Kier alpha value is -2.10. The Kier molecular flexibility index (Phi) is 3.93. The van der Waals surface area contributed by atoms with Gasteiger partial charge in [-0.2, -0.15) is 0 Å². The molecule has 2 aromatic rings. The van der Waals surface area contributed by atoms with E-state index in [1.807, 2.05) is 32.9 Å². The summed E-state index contributed by atoms with van der Waals surface area (Å²) in [4.78, 5) is 23.4. The molecule has 0 aliphatic heterocycles. The molecule has 20 heavy (non-hydrogen) atoms. The van der Waals surface area contributed by atoms with Crippen LogP contribution in [-0.2, 0) is 11.2 Å². The molecular formula is C16H19NO3. The van der Waals surface area contributed by atoms with Crippen molar-refractivity contribution in [3.63, 3.8) is 0 Å². The fraction of sp³-hybridized carbons (Fsp3) is 0.375. The van der Waals surface area contributed by atoms with E-state index < -0.39 is 5.63 Å². The Bertz CT molecular complexity index is 700. The molecule has 1 aromatic carbocycles. The minimum atomic E-state index is -0.395. The number of rotatable bonds is 4. The minimum Gasteiger partial charge on any atom is -0.423 e. The Labute approximate surface area is 117 Å². The molecule has 2 N–H and O–H groups in total. The van der Waals surface area contributed by atoms with Crippen LogP contribution in [0.4, 0.5) is 0 Å². The van der Waals surface area contributed by atoms with Gasteiger partial charge in [0.2, 0.25) is 5.91 Å². The maximum absolute atomic E-state index is 12.0. The van der Waals surface area contributed by atoms with Crippen LogP contribution in [0.1, 0.15) is 25.0 Å². The molecule has 1 aromatic heterocycles. The monoisotopic (exact) mass is 273 g/mol. The van der Waals surface area contributed by atoms with Gasteiger partial charge in [0.1, 0.15) is 5.58 Å². The fourth-order valence-electron chi connectivity index (χ4n) is 2.33. The number of fused-ring (bicyclic) bond motifs is 1. The number of benzene rings is 1. The lowest BCUT2D eigenvalue weighted by atomic mass is 9.89. The quantitative estimate of drug-likeness (QED) is 0.869. The van der Waals surface area contributed by atoms with E-state index in [0.717, 1.165) is 10.9 Å². The van der Waals surface area contributed by atoms with Crippen LogP contribution < -0.4 is 11.4 Å². The predicted molar refractivity (Wildman–Crippen MR) is 78.4 cm³/mol. The zero-order chi connectivity index (χ0) is 14.9. The Morgan fingerprint density at radius 3 is 2.60 bits per heavy atom. The first kappa shape index (κ1) is 14.3. The van der Waals surface area contributed by atoms with Gasteiger partial charge in [-0.3, -0.25) is 4.79 Å². The summed E-state index contributed by atoms with van der Waals surface area (Å²) in [5, 5.41) is 0.867. The standard InChI is InChI=1S/C16H19NO3/c1-9(2)13(15(17)18)8-12-7-11-6-10(3)4-5-14(11)20-16(12)19/h4-7,9,13H,8H2,1-3H3,(H2,17,18). The first-order valence-corrected chi connectivity index (χ1v) is 6.71. The van der Waals surface area contributed by atoms with Crippen molar-refractivity contribution in [1.82, 2.24) is 0 Å². The molecular weight excluding hydrogens is 254 g/mol. The third-order valence-electron chi connectivity index (χ3n) is 3.57. The maximum Gasteiger partial charge on any atom is 0.339 e. The second kappa shape index (κ2) is 5.49. The Morgan fingerprint density at radius 1 is 1.30 bits per heavy atom. The van der Waals surface area contributed by atoms with Gasteiger partial charge in [-0.05, 0) is 37.5 Å². The normalized spacial score (nSPS) is 12.8. The lowest BCUT2D eigenvalue weighted by Gasteiger charge is -2.16. The maximum atomic E-state index is 12.0. The van der Waals surface area contributed by atoms with E-state index in [4.69, 9.17) is 10.2 Å². The third kappa shape index (κ3) is 2.90. The van der Waals surface area contributed by atoms with Gasteiger partial charge in [-0.15, -0.1) is 0 Å². The van der Waals surface area contributed by atoms with Crippen LogP contribution in [0.15, 0.2) is 33.5 Å². The molecule has 1 amide bonds. The third-order valence-corrected chi connectivity index (χ3v) is 3.57. The predicted octanol–water partition coefficient (Wildman–Crippen LogP) is 2.40. The van der Waals surface area contributed by atoms with Crippen LogP contribution in [0.3, 0.4) is 0 Å². The Morgan fingerprint density at radius 2 is 2.00 bits per heavy atom. The Balaban J connectivity index is 2.46. The van der Waals surface area contributed by atoms with E-state index >= 15 is 0 Å². The summed E-state index contributed by atoms with van der Waals surface area (Å²) in [6, 6.07) is 7.43. The van der Waals surface area contributed by atoms with Gasteiger partial charge in [0.05, 0.1) is 0 Å². The summed E-state index contributed by atoms with van der Waals surface area (Å²) < 4.78 is 5.30. The molecule has 0 aliphatic carbocycles. The van der Waals surface area contributed by atoms with Crippen molar-refractivity contribution < 1.29 is 9.21 Å². The smallest absolute Gasteiger partial charge is 0.339 e. The summed E-state index contributed by atoms with van der Waals surface area (Å²) in [5.74, 6) is -0.663. The van der Waals surface area contributed by atoms with E-state index in [-0.39, 0.29) is 17.7 Å². The van der Waals surface area contributed by atoms with E-state index in [1.54, 1.807) is 12.1 Å². The highest BCUT2D eigenvalue weighted by Crippen LogP contribution is 2.19. The number of nitrogens with two attached hydrogens (primary N) is 1. The number of carbonyl (C=O) groups is 1. The van der Waals surface area contributed by atoms with Gasteiger partial charge >= 0.3 is 5.63 Å². The van der Waals surface area contributed by atoms with Crippen LogP contribution in [0.25, 0.3) is 11.0 Å². The molecule has 1 heterocycles. The molecule has 0 spiro atoms. The van der Waals surface area contributed by atoms with Gasteiger partial charge < -0.3 is 10.2 Å². The molecule has 1 unspecified atom stereocenters. The molecule has 0 saturated carbocycles.